The number of methoxy groups -OCH3 is 1. The molecular formula is C52H82N6O15. The van der Waals surface area contributed by atoms with Crippen LogP contribution in [-0.2, 0) is 62.1 Å². The number of rotatable bonds is 14. The maximum atomic E-state index is 14.7. The second-order valence-electron chi connectivity index (χ2n) is 21.8. The van der Waals surface area contributed by atoms with Crippen LogP contribution in [0.3, 0.4) is 0 Å². The third-order valence-electron chi connectivity index (χ3n) is 16.0. The first-order valence-electron chi connectivity index (χ1n) is 25.8. The lowest BCUT2D eigenvalue weighted by Gasteiger charge is -2.50. The van der Waals surface area contributed by atoms with Crippen molar-refractivity contribution in [1.82, 2.24) is 19.9 Å². The lowest BCUT2D eigenvalue weighted by atomic mass is 9.73. The Kier molecular flexibility index (Phi) is 19.4. The minimum absolute atomic E-state index is 0.0107. The monoisotopic (exact) mass is 1030 g/mol. The molecule has 0 saturated carbocycles. The molecule has 4 aliphatic rings. The molecule has 4 fully saturated rings. The molecule has 4 saturated heterocycles. The van der Waals surface area contributed by atoms with Gasteiger partial charge in [0.15, 0.2) is 12.6 Å². The van der Waals surface area contributed by atoms with Crippen molar-refractivity contribution >= 4 is 17.4 Å². The topological polar surface area (TPSA) is 261 Å². The Hall–Kier alpha value is -4.00. The summed E-state index contributed by atoms with van der Waals surface area (Å²) in [5.74, 6) is -3.72. The van der Waals surface area contributed by atoms with Crippen molar-refractivity contribution in [2.24, 2.45) is 28.8 Å². The maximum absolute atomic E-state index is 14.7. The van der Waals surface area contributed by atoms with E-state index in [1.807, 2.05) is 40.9 Å². The first kappa shape index (κ1) is 58.3. The smallest absolute Gasteiger partial charge is 0.311 e. The number of nitro benzene ring substituents is 1. The van der Waals surface area contributed by atoms with E-state index in [-0.39, 0.29) is 44.3 Å². The molecule has 18 atom stereocenters. The highest BCUT2D eigenvalue weighted by Crippen LogP contribution is 2.43. The van der Waals surface area contributed by atoms with Gasteiger partial charge in [-0.2, -0.15) is 0 Å². The number of nitro groups is 1. The number of aliphatic hydroxyl groups excluding tert-OH is 2. The molecular weight excluding hydrogens is 949 g/mol. The van der Waals surface area contributed by atoms with E-state index in [9.17, 15) is 35.4 Å². The highest BCUT2D eigenvalue weighted by molar-refractivity contribution is 5.88. The van der Waals surface area contributed by atoms with Crippen molar-refractivity contribution in [3.8, 4) is 0 Å². The van der Waals surface area contributed by atoms with Gasteiger partial charge in [0.1, 0.15) is 23.9 Å². The number of aryl methyl sites for hydroxylation is 2. The number of likely N-dealkylation sites (N-methyl/N-ethyl adjacent to an activating group) is 1. The van der Waals surface area contributed by atoms with Gasteiger partial charge in [0.05, 0.1) is 77.2 Å². The summed E-state index contributed by atoms with van der Waals surface area (Å²) >= 11 is 0. The van der Waals surface area contributed by atoms with E-state index < -0.39 is 113 Å². The molecule has 0 radical (unpaired) electrons. The van der Waals surface area contributed by atoms with Crippen molar-refractivity contribution in [2.45, 2.75) is 199 Å². The SMILES string of the molecule is C=C1CO[C@@H]2[C@@H](C)/C(=N/O)[C@H](C)C[C@@](C)(OC1)[C@H](OC1O[C@H](C)C[C@H](N(C)CCc3cn(CCc4ccc([N+](=O)[O-])cc4)nn3)[C@H]1O)[C@@H](C)[C@H](OC1C[C@@](C)(OC)[C@@H](O)[C@H](C)O1)[C@@H](C)C(=O)O[C@H](CC)[C@@]2(C)O. The number of hydrogen-bond donors (Lipinski definition) is 4. The van der Waals surface area contributed by atoms with Crippen molar-refractivity contribution in [3.63, 3.8) is 0 Å². The number of carbonyl (C=O) groups excluding carboxylic acids is 1. The number of oxime groups is 1. The van der Waals surface area contributed by atoms with Gasteiger partial charge in [0, 0.05) is 75.2 Å². The third kappa shape index (κ3) is 13.3. The standard InChI is InChI=1S/C52H82N6O15/c1-14-40-52(11,62)47-32(5)42(54-63)30(3)24-51(10,68-28-29(2)27-67-47)46(33(6)44(34(7)48(61)71-40)72-41-25-50(9,66-13)45(60)35(8)70-41)73-49-43(59)39(23-31(4)69-49)56(12)21-20-37-26-57(55-53-37)22-19-36-15-17-38(18-16-36)58(64)65/h15-18,26,30-35,39-41,43-47,49,59-60,62-63H,2,14,19-25,27-28H2,1,3-13H3/b54-42+/t30-,31-,32+,33+,34-,35+,39+,40-,41?,43-,44+,45+,46-,47-,49?,50-,51-,52-/m1/s1. The van der Waals surface area contributed by atoms with Crippen molar-refractivity contribution in [2.75, 3.05) is 33.9 Å². The van der Waals surface area contributed by atoms with Crippen molar-refractivity contribution in [1.29, 1.82) is 0 Å². The summed E-state index contributed by atoms with van der Waals surface area (Å²) in [6, 6.07) is 5.99. The first-order chi connectivity index (χ1) is 34.4. The van der Waals surface area contributed by atoms with Gasteiger partial charge in [-0.3, -0.25) is 19.6 Å². The second kappa shape index (κ2) is 24.3. The molecule has 0 aliphatic carbocycles. The average Bonchev–Trinajstić information content (AvgIpc) is 3.81. The predicted molar refractivity (Wildman–Crippen MR) is 267 cm³/mol. The quantitative estimate of drug-likeness (QED) is 0.0636. The number of carbonyl (C=O) groups is 1. The van der Waals surface area contributed by atoms with Crippen LogP contribution in [0.15, 0.2) is 47.8 Å². The van der Waals surface area contributed by atoms with Gasteiger partial charge in [0.25, 0.3) is 5.69 Å². The largest absolute Gasteiger partial charge is 0.459 e. The number of aromatic nitrogens is 3. The zero-order chi connectivity index (χ0) is 53.7. The van der Waals surface area contributed by atoms with E-state index in [2.05, 4.69) is 26.9 Å². The summed E-state index contributed by atoms with van der Waals surface area (Å²) < 4.78 is 54.3. The Balaban J connectivity index is 1.34. The first-order valence-corrected chi connectivity index (χ1v) is 25.8. The Labute approximate surface area is 429 Å². The molecule has 4 aliphatic heterocycles. The molecule has 21 heteroatoms. The fraction of sp³-hybridized carbons (Fsp3) is 0.769. The van der Waals surface area contributed by atoms with Gasteiger partial charge in [-0.05, 0) is 85.4 Å². The molecule has 1 aromatic heterocycles. The normalized spacial score (nSPS) is 39.9. The summed E-state index contributed by atoms with van der Waals surface area (Å²) in [6.07, 6.45) is -5.74. The lowest BCUT2D eigenvalue weighted by Crippen LogP contribution is -2.62. The van der Waals surface area contributed by atoms with Crippen molar-refractivity contribution < 1.29 is 68.1 Å². The molecule has 2 unspecified atom stereocenters. The number of aliphatic hydroxyl groups is 3. The number of ether oxygens (including phenoxy) is 8. The summed E-state index contributed by atoms with van der Waals surface area (Å²) in [7, 11) is 3.43. The Morgan fingerprint density at radius 2 is 1.71 bits per heavy atom. The Bertz CT molecular complexity index is 2200. The molecule has 0 amide bonds. The van der Waals surface area contributed by atoms with Crippen LogP contribution in [0.1, 0.15) is 106 Å². The van der Waals surface area contributed by atoms with E-state index in [0.29, 0.717) is 43.6 Å². The molecule has 2 aromatic rings. The molecule has 21 nitrogen and oxygen atoms in total. The highest BCUT2D eigenvalue weighted by Gasteiger charge is 2.55. The van der Waals surface area contributed by atoms with Crippen LogP contribution in [0.2, 0.25) is 0 Å². The van der Waals surface area contributed by atoms with Crippen LogP contribution in [0, 0.1) is 33.8 Å². The van der Waals surface area contributed by atoms with Crippen LogP contribution in [0.4, 0.5) is 5.69 Å². The zero-order valence-corrected chi connectivity index (χ0v) is 44.8. The van der Waals surface area contributed by atoms with Gasteiger partial charge < -0.3 is 63.3 Å². The zero-order valence-electron chi connectivity index (χ0n) is 44.8. The number of non-ortho nitro benzene ring substituents is 1. The van der Waals surface area contributed by atoms with Gasteiger partial charge >= 0.3 is 5.97 Å². The van der Waals surface area contributed by atoms with E-state index in [4.69, 9.17) is 37.9 Å². The number of fused-ring (bicyclic) bond motifs is 5. The molecule has 1 aromatic carbocycles. The lowest BCUT2D eigenvalue weighted by molar-refractivity contribution is -0.384. The number of benzene rings is 1. The third-order valence-corrected chi connectivity index (χ3v) is 16.0. The minimum Gasteiger partial charge on any atom is -0.459 e. The van der Waals surface area contributed by atoms with Crippen LogP contribution in [-0.4, -0.2) is 175 Å². The predicted octanol–water partition coefficient (Wildman–Crippen LogP) is 5.02. The molecule has 6 rings (SSSR count). The fourth-order valence-electron chi connectivity index (χ4n) is 11.5. The summed E-state index contributed by atoms with van der Waals surface area (Å²) in [6.45, 7) is 23.2. The number of cyclic esters (lactones) is 1. The molecule has 4 N–H and O–H groups in total. The van der Waals surface area contributed by atoms with Crippen LogP contribution < -0.4 is 0 Å². The van der Waals surface area contributed by atoms with Gasteiger partial charge in [0.2, 0.25) is 0 Å². The number of hydrogen-bond acceptors (Lipinski definition) is 19. The van der Waals surface area contributed by atoms with E-state index in [1.165, 1.54) is 19.2 Å². The number of esters is 1. The van der Waals surface area contributed by atoms with Gasteiger partial charge in [-0.25, -0.2) is 0 Å². The highest BCUT2D eigenvalue weighted by atomic mass is 16.7. The summed E-state index contributed by atoms with van der Waals surface area (Å²) in [4.78, 5) is 27.5. The Morgan fingerprint density at radius 3 is 2.36 bits per heavy atom. The average molecular weight is 1030 g/mol. The number of nitrogens with zero attached hydrogens (tertiary/aromatic N) is 6. The van der Waals surface area contributed by atoms with Crippen LogP contribution in [0.5, 0.6) is 0 Å². The molecule has 5 heterocycles. The van der Waals surface area contributed by atoms with E-state index in [1.54, 1.807) is 58.4 Å². The summed E-state index contributed by atoms with van der Waals surface area (Å²) in [5, 5.41) is 70.5. The molecule has 2 bridgehead atoms. The Morgan fingerprint density at radius 1 is 1.01 bits per heavy atom. The maximum Gasteiger partial charge on any atom is 0.311 e. The van der Waals surface area contributed by atoms with Crippen molar-refractivity contribution in [3.05, 3.63) is 64.0 Å². The molecule has 0 spiro atoms. The van der Waals surface area contributed by atoms with E-state index in [0.717, 1.165) is 11.3 Å². The molecule has 410 valence electrons. The van der Waals surface area contributed by atoms with Crippen LogP contribution >= 0.6 is 0 Å². The van der Waals surface area contributed by atoms with Gasteiger partial charge in [-0.15, -0.1) is 5.10 Å². The second-order valence-corrected chi connectivity index (χ2v) is 21.8. The van der Waals surface area contributed by atoms with Gasteiger partial charge in [-0.1, -0.05) is 56.8 Å². The minimum atomic E-state index is -1.79. The van der Waals surface area contributed by atoms with Crippen LogP contribution in [0.25, 0.3) is 0 Å². The summed E-state index contributed by atoms with van der Waals surface area (Å²) in [5.41, 5.74) is -1.61. The fourth-order valence-corrected chi connectivity index (χ4v) is 11.5. The van der Waals surface area contributed by atoms with E-state index >= 15 is 0 Å². The molecule has 73 heavy (non-hydrogen) atoms.